The summed E-state index contributed by atoms with van der Waals surface area (Å²) < 4.78 is 7.91. The predicted molar refractivity (Wildman–Crippen MR) is 125 cm³/mol. The van der Waals surface area contributed by atoms with Gasteiger partial charge in [-0.2, -0.15) is 0 Å². The zero-order chi connectivity index (χ0) is 20.7. The molecule has 0 saturated carbocycles. The number of hydrogen-bond donors (Lipinski definition) is 0. The molecule has 6 heteroatoms. The van der Waals surface area contributed by atoms with E-state index in [1.807, 2.05) is 12.1 Å². The van der Waals surface area contributed by atoms with Crippen LogP contribution in [0.25, 0.3) is 32.7 Å². The van der Waals surface area contributed by atoms with E-state index >= 15 is 0 Å². The number of pyridine rings is 1. The molecule has 2 aromatic carbocycles. The Kier molecular flexibility index (Phi) is 5.27. The van der Waals surface area contributed by atoms with Gasteiger partial charge in [0.25, 0.3) is 0 Å². The van der Waals surface area contributed by atoms with Gasteiger partial charge in [-0.25, -0.2) is 4.98 Å². The molecule has 0 atom stereocenters. The number of nitrogens with zero attached hydrogens (tertiary/aromatic N) is 4. The molecule has 1 saturated heterocycles. The zero-order valence-corrected chi connectivity index (χ0v) is 18.3. The van der Waals surface area contributed by atoms with Gasteiger partial charge in [-0.1, -0.05) is 35.9 Å². The first-order valence-corrected chi connectivity index (χ1v) is 11.0. The molecule has 156 valence electrons. The second-order valence-electron chi connectivity index (χ2n) is 8.18. The van der Waals surface area contributed by atoms with E-state index in [1.54, 1.807) is 7.11 Å². The van der Waals surface area contributed by atoms with E-state index in [-0.39, 0.29) is 0 Å². The van der Waals surface area contributed by atoms with E-state index in [1.165, 1.54) is 5.52 Å². The molecular weight excluding hydrogens is 396 g/mol. The lowest BCUT2D eigenvalue weighted by molar-refractivity contribution is 0.151. The Balaban J connectivity index is 1.59. The van der Waals surface area contributed by atoms with Crippen LogP contribution in [0.5, 0.6) is 5.75 Å². The van der Waals surface area contributed by atoms with Gasteiger partial charge in [0.2, 0.25) is 0 Å². The summed E-state index contributed by atoms with van der Waals surface area (Å²) in [7, 11) is 3.90. The highest BCUT2D eigenvalue weighted by Gasteiger charge is 2.18. The van der Waals surface area contributed by atoms with Gasteiger partial charge in [-0.15, -0.1) is 0 Å². The van der Waals surface area contributed by atoms with Crippen LogP contribution in [0.4, 0.5) is 0 Å². The standard InChI is InChI=1S/C24H27ClN4O/c1-27-12-14-28(15-13-27)10-5-11-29-21-9-8-17(30-2)16-20(21)22-23(29)18-6-3-4-7-19(18)24(25)26-22/h3-4,6-9,16H,5,10-15H2,1-2H3. The van der Waals surface area contributed by atoms with Crippen molar-refractivity contribution >= 4 is 44.3 Å². The van der Waals surface area contributed by atoms with E-state index in [0.717, 1.165) is 78.6 Å². The lowest BCUT2D eigenvalue weighted by atomic mass is 10.1. The van der Waals surface area contributed by atoms with Crippen molar-refractivity contribution in [2.24, 2.45) is 0 Å². The fourth-order valence-electron chi connectivity index (χ4n) is 4.61. The number of halogens is 1. The van der Waals surface area contributed by atoms with Crippen molar-refractivity contribution in [1.29, 1.82) is 0 Å². The second kappa shape index (κ2) is 8.06. The van der Waals surface area contributed by atoms with Crippen molar-refractivity contribution in [3.8, 4) is 5.75 Å². The van der Waals surface area contributed by atoms with E-state index < -0.39 is 0 Å². The number of benzene rings is 2. The Morgan fingerprint density at radius 1 is 0.967 bits per heavy atom. The maximum absolute atomic E-state index is 6.57. The number of methoxy groups -OCH3 is 1. The summed E-state index contributed by atoms with van der Waals surface area (Å²) in [5.41, 5.74) is 3.30. The molecule has 1 aliphatic rings. The van der Waals surface area contributed by atoms with E-state index in [4.69, 9.17) is 21.3 Å². The molecule has 0 bridgehead atoms. The highest BCUT2D eigenvalue weighted by atomic mass is 35.5. The number of aryl methyl sites for hydroxylation is 1. The van der Waals surface area contributed by atoms with Crippen LogP contribution in [0.3, 0.4) is 0 Å². The van der Waals surface area contributed by atoms with E-state index in [0.29, 0.717) is 5.15 Å². The van der Waals surface area contributed by atoms with Crippen molar-refractivity contribution in [2.75, 3.05) is 46.9 Å². The van der Waals surface area contributed by atoms with Crippen molar-refractivity contribution in [3.63, 3.8) is 0 Å². The van der Waals surface area contributed by atoms with Gasteiger partial charge in [0.1, 0.15) is 10.9 Å². The van der Waals surface area contributed by atoms with Crippen LogP contribution >= 0.6 is 11.6 Å². The van der Waals surface area contributed by atoms with Crippen LogP contribution in [0, 0.1) is 0 Å². The molecule has 4 aromatic rings. The number of rotatable bonds is 5. The maximum Gasteiger partial charge on any atom is 0.137 e. The summed E-state index contributed by atoms with van der Waals surface area (Å²) in [6.07, 6.45) is 1.10. The highest BCUT2D eigenvalue weighted by Crippen LogP contribution is 2.37. The Labute approximate surface area is 181 Å². The third kappa shape index (κ3) is 3.41. The normalized spacial score (nSPS) is 16.1. The SMILES string of the molecule is COc1ccc2c(c1)c1nc(Cl)c3ccccc3c1n2CCCN1CCN(C)CC1. The highest BCUT2D eigenvalue weighted by molar-refractivity contribution is 6.36. The summed E-state index contributed by atoms with van der Waals surface area (Å²) in [6.45, 7) is 6.68. The molecule has 1 fully saturated rings. The lowest BCUT2D eigenvalue weighted by Crippen LogP contribution is -2.44. The van der Waals surface area contributed by atoms with Gasteiger partial charge < -0.3 is 19.1 Å². The van der Waals surface area contributed by atoms with Gasteiger partial charge >= 0.3 is 0 Å². The molecule has 0 N–H and O–H groups in total. The van der Waals surface area contributed by atoms with Gasteiger partial charge in [-0.05, 0) is 38.2 Å². The van der Waals surface area contributed by atoms with Crippen molar-refractivity contribution in [1.82, 2.24) is 19.4 Å². The van der Waals surface area contributed by atoms with E-state index in [2.05, 4.69) is 51.7 Å². The monoisotopic (exact) mass is 422 g/mol. The van der Waals surface area contributed by atoms with Crippen LogP contribution in [0.2, 0.25) is 5.15 Å². The number of ether oxygens (including phenoxy) is 1. The minimum Gasteiger partial charge on any atom is -0.497 e. The average Bonchev–Trinajstić information content (AvgIpc) is 3.08. The third-order valence-electron chi connectivity index (χ3n) is 6.31. The Hall–Kier alpha value is -2.34. The van der Waals surface area contributed by atoms with Crippen molar-refractivity contribution in [2.45, 2.75) is 13.0 Å². The predicted octanol–water partition coefficient (Wildman–Crippen LogP) is 4.64. The Morgan fingerprint density at radius 3 is 2.50 bits per heavy atom. The molecule has 0 aliphatic carbocycles. The van der Waals surface area contributed by atoms with Crippen LogP contribution in [-0.4, -0.2) is 66.2 Å². The molecular formula is C24H27ClN4O. The summed E-state index contributed by atoms with van der Waals surface area (Å²) in [5.74, 6) is 0.838. The van der Waals surface area contributed by atoms with Crippen molar-refractivity contribution < 1.29 is 4.74 Å². The molecule has 0 radical (unpaired) electrons. The van der Waals surface area contributed by atoms with Gasteiger partial charge in [0, 0.05) is 48.9 Å². The number of hydrogen-bond acceptors (Lipinski definition) is 4. The number of likely N-dealkylation sites (N-methyl/N-ethyl adjacent to an activating group) is 1. The smallest absolute Gasteiger partial charge is 0.137 e. The molecule has 5 nitrogen and oxygen atoms in total. The molecule has 0 unspecified atom stereocenters. The Bertz CT molecular complexity index is 1210. The van der Waals surface area contributed by atoms with Gasteiger partial charge in [0.15, 0.2) is 0 Å². The van der Waals surface area contributed by atoms with Crippen molar-refractivity contribution in [3.05, 3.63) is 47.6 Å². The topological polar surface area (TPSA) is 33.5 Å². The van der Waals surface area contributed by atoms with Crippen LogP contribution in [-0.2, 0) is 6.54 Å². The van der Waals surface area contributed by atoms with Gasteiger partial charge in [-0.3, -0.25) is 0 Å². The molecule has 1 aliphatic heterocycles. The number of piperazine rings is 1. The van der Waals surface area contributed by atoms with Gasteiger partial charge in [0.05, 0.1) is 23.7 Å². The summed E-state index contributed by atoms with van der Waals surface area (Å²) in [6, 6.07) is 14.5. The minimum atomic E-state index is 0.553. The minimum absolute atomic E-state index is 0.553. The fourth-order valence-corrected chi connectivity index (χ4v) is 4.86. The lowest BCUT2D eigenvalue weighted by Gasteiger charge is -2.32. The molecule has 0 spiro atoms. The first-order valence-electron chi connectivity index (χ1n) is 10.6. The summed E-state index contributed by atoms with van der Waals surface area (Å²) in [5, 5.41) is 3.80. The molecule has 30 heavy (non-hydrogen) atoms. The third-order valence-corrected chi connectivity index (χ3v) is 6.60. The quantitative estimate of drug-likeness (QED) is 0.438. The maximum atomic E-state index is 6.57. The first-order chi connectivity index (χ1) is 14.7. The second-order valence-corrected chi connectivity index (χ2v) is 8.54. The largest absolute Gasteiger partial charge is 0.497 e. The summed E-state index contributed by atoms with van der Waals surface area (Å²) in [4.78, 5) is 9.78. The van der Waals surface area contributed by atoms with Crippen LogP contribution < -0.4 is 4.74 Å². The molecule has 2 aromatic heterocycles. The fraction of sp³-hybridized carbons (Fsp3) is 0.375. The Morgan fingerprint density at radius 2 is 1.73 bits per heavy atom. The molecule has 5 rings (SSSR count). The number of fused-ring (bicyclic) bond motifs is 5. The van der Waals surface area contributed by atoms with Crippen LogP contribution in [0.15, 0.2) is 42.5 Å². The molecule has 3 heterocycles. The average molecular weight is 423 g/mol. The first kappa shape index (κ1) is 19.6. The zero-order valence-electron chi connectivity index (χ0n) is 17.6. The molecule has 0 amide bonds. The van der Waals surface area contributed by atoms with E-state index in [9.17, 15) is 0 Å². The number of aromatic nitrogens is 2. The van der Waals surface area contributed by atoms with Crippen LogP contribution in [0.1, 0.15) is 6.42 Å². The summed E-state index contributed by atoms with van der Waals surface area (Å²) >= 11 is 6.57.